The summed E-state index contributed by atoms with van der Waals surface area (Å²) in [7, 11) is 0. The molecule has 0 saturated carbocycles. The Morgan fingerprint density at radius 2 is 1.95 bits per heavy atom. The topological polar surface area (TPSA) is 32.7 Å². The fourth-order valence-electron chi connectivity index (χ4n) is 2.23. The van der Waals surface area contributed by atoms with Gasteiger partial charge in [-0.2, -0.15) is 10.1 Å². The third-order valence-corrected chi connectivity index (χ3v) is 4.45. The van der Waals surface area contributed by atoms with Crippen molar-refractivity contribution < 1.29 is 4.79 Å². The number of carbonyl (C=O) groups excluding carboxylic acids is 1. The Morgan fingerprint density at radius 1 is 1.14 bits per heavy atom. The van der Waals surface area contributed by atoms with Gasteiger partial charge in [0, 0.05) is 4.88 Å². The lowest BCUT2D eigenvalue weighted by atomic mass is 10.1. The number of carbonyl (C=O) groups is 1. The van der Waals surface area contributed by atoms with Crippen LogP contribution in [-0.2, 0) is 4.79 Å². The summed E-state index contributed by atoms with van der Waals surface area (Å²) in [4.78, 5) is 13.7. The lowest BCUT2D eigenvalue weighted by molar-refractivity contribution is -0.114. The van der Waals surface area contributed by atoms with Gasteiger partial charge in [0.05, 0.1) is 17.0 Å². The molecule has 4 heteroatoms. The highest BCUT2D eigenvalue weighted by Crippen LogP contribution is 2.27. The first-order valence-corrected chi connectivity index (χ1v) is 7.67. The molecule has 2 aromatic rings. The average molecular weight is 296 g/mol. The number of nitrogens with zero attached hydrogens (tertiary/aromatic N) is 2. The monoisotopic (exact) mass is 296 g/mol. The maximum Gasteiger partial charge on any atom is 0.280 e. The van der Waals surface area contributed by atoms with Crippen molar-refractivity contribution in [1.29, 1.82) is 0 Å². The van der Waals surface area contributed by atoms with Crippen molar-refractivity contribution in [2.45, 2.75) is 20.8 Å². The summed E-state index contributed by atoms with van der Waals surface area (Å²) in [6, 6.07) is 9.92. The van der Waals surface area contributed by atoms with Crippen molar-refractivity contribution in [2.24, 2.45) is 5.10 Å². The zero-order valence-corrected chi connectivity index (χ0v) is 13.1. The first-order valence-electron chi connectivity index (χ1n) is 6.79. The molecule has 0 radical (unpaired) electrons. The number of hydrogen-bond donors (Lipinski definition) is 0. The summed E-state index contributed by atoms with van der Waals surface area (Å²) in [5, 5.41) is 7.90. The van der Waals surface area contributed by atoms with Crippen molar-refractivity contribution >= 4 is 34.7 Å². The molecular weight excluding hydrogens is 280 g/mol. The number of hydrogen-bond acceptors (Lipinski definition) is 3. The van der Waals surface area contributed by atoms with Crippen molar-refractivity contribution in [3.8, 4) is 0 Å². The Morgan fingerprint density at radius 3 is 2.62 bits per heavy atom. The Bertz CT molecular complexity index is 757. The maximum atomic E-state index is 12.6. The molecule has 1 aliphatic rings. The maximum absolute atomic E-state index is 12.6. The molecule has 0 atom stereocenters. The molecule has 0 aliphatic carbocycles. The van der Waals surface area contributed by atoms with E-state index in [9.17, 15) is 4.79 Å². The smallest absolute Gasteiger partial charge is 0.267 e. The van der Waals surface area contributed by atoms with Gasteiger partial charge in [0.2, 0.25) is 0 Å². The largest absolute Gasteiger partial charge is 0.280 e. The molecular formula is C17H16N2OS. The molecule has 0 spiro atoms. The summed E-state index contributed by atoms with van der Waals surface area (Å²) in [6.07, 6.45) is 1.91. The van der Waals surface area contributed by atoms with Gasteiger partial charge in [-0.15, -0.1) is 11.3 Å². The number of rotatable bonds is 2. The molecule has 21 heavy (non-hydrogen) atoms. The van der Waals surface area contributed by atoms with E-state index in [2.05, 4.69) is 12.0 Å². The summed E-state index contributed by atoms with van der Waals surface area (Å²) >= 11 is 1.61. The molecule has 0 fully saturated rings. The average Bonchev–Trinajstić information content (AvgIpc) is 3.06. The minimum atomic E-state index is -0.0656. The fourth-order valence-corrected chi connectivity index (χ4v) is 2.89. The van der Waals surface area contributed by atoms with E-state index in [0.29, 0.717) is 5.57 Å². The number of benzene rings is 1. The fraction of sp³-hybridized carbons (Fsp3) is 0.176. The van der Waals surface area contributed by atoms with E-state index in [1.54, 1.807) is 11.3 Å². The summed E-state index contributed by atoms with van der Waals surface area (Å²) in [5.41, 5.74) is 4.60. The van der Waals surface area contributed by atoms with E-state index >= 15 is 0 Å². The van der Waals surface area contributed by atoms with Crippen molar-refractivity contribution in [1.82, 2.24) is 0 Å². The molecule has 1 aliphatic heterocycles. The standard InChI is InChI=1S/C17H16N2OS/c1-11-6-7-14(9-12(11)2)19-17(20)16(13(3)18-19)10-15-5-4-8-21-15/h4-10H,1-3H3/b16-10-. The van der Waals surface area contributed by atoms with Crippen LogP contribution in [0, 0.1) is 13.8 Å². The van der Waals surface area contributed by atoms with Crippen molar-refractivity contribution in [2.75, 3.05) is 5.01 Å². The second-order valence-corrected chi connectivity index (χ2v) is 6.12. The van der Waals surface area contributed by atoms with Gasteiger partial charge in [-0.25, -0.2) is 0 Å². The van der Waals surface area contributed by atoms with Gasteiger partial charge >= 0.3 is 0 Å². The van der Waals surface area contributed by atoms with Crippen LogP contribution in [-0.4, -0.2) is 11.6 Å². The van der Waals surface area contributed by atoms with E-state index in [-0.39, 0.29) is 5.91 Å². The van der Waals surface area contributed by atoms with E-state index in [1.807, 2.05) is 55.6 Å². The van der Waals surface area contributed by atoms with Gasteiger partial charge in [0.25, 0.3) is 5.91 Å². The van der Waals surface area contributed by atoms with Gasteiger partial charge in [0.15, 0.2) is 0 Å². The summed E-state index contributed by atoms with van der Waals surface area (Å²) in [5.74, 6) is -0.0656. The van der Waals surface area contributed by atoms with Gasteiger partial charge in [0.1, 0.15) is 0 Å². The highest BCUT2D eigenvalue weighted by molar-refractivity contribution is 7.10. The summed E-state index contributed by atoms with van der Waals surface area (Å²) < 4.78 is 0. The molecule has 0 saturated heterocycles. The Labute approximate surface area is 128 Å². The molecule has 1 aromatic carbocycles. The van der Waals surface area contributed by atoms with E-state index in [0.717, 1.165) is 21.8 Å². The van der Waals surface area contributed by atoms with Crippen LogP contribution in [0.3, 0.4) is 0 Å². The highest BCUT2D eigenvalue weighted by Gasteiger charge is 2.28. The first-order chi connectivity index (χ1) is 10.1. The Balaban J connectivity index is 1.97. The predicted molar refractivity (Wildman–Crippen MR) is 88.8 cm³/mol. The minimum absolute atomic E-state index is 0.0656. The molecule has 1 aromatic heterocycles. The van der Waals surface area contributed by atoms with Crippen molar-refractivity contribution in [3.05, 3.63) is 57.3 Å². The van der Waals surface area contributed by atoms with E-state index in [1.165, 1.54) is 10.6 Å². The van der Waals surface area contributed by atoms with E-state index < -0.39 is 0 Å². The Hall–Kier alpha value is -2.20. The van der Waals surface area contributed by atoms with Gasteiger partial charge in [-0.3, -0.25) is 4.79 Å². The van der Waals surface area contributed by atoms with Gasteiger partial charge in [-0.05, 0) is 61.6 Å². The molecule has 2 heterocycles. The summed E-state index contributed by atoms with van der Waals surface area (Å²) in [6.45, 7) is 5.97. The van der Waals surface area contributed by atoms with Crippen LogP contribution in [0.5, 0.6) is 0 Å². The lowest BCUT2D eigenvalue weighted by Gasteiger charge is -2.13. The van der Waals surface area contributed by atoms with Crippen LogP contribution < -0.4 is 5.01 Å². The second-order valence-electron chi connectivity index (χ2n) is 5.14. The minimum Gasteiger partial charge on any atom is -0.267 e. The molecule has 0 N–H and O–H groups in total. The molecule has 106 valence electrons. The molecule has 0 unspecified atom stereocenters. The number of amides is 1. The second kappa shape index (κ2) is 5.30. The zero-order valence-electron chi connectivity index (χ0n) is 12.3. The third kappa shape index (κ3) is 2.54. The van der Waals surface area contributed by atoms with E-state index in [4.69, 9.17) is 0 Å². The SMILES string of the molecule is CC1=NN(c2ccc(C)c(C)c2)C(=O)/C1=C\c1cccs1. The number of anilines is 1. The molecule has 0 bridgehead atoms. The molecule has 1 amide bonds. The van der Waals surface area contributed by atoms with Crippen LogP contribution in [0.1, 0.15) is 22.9 Å². The van der Waals surface area contributed by atoms with Crippen LogP contribution >= 0.6 is 11.3 Å². The zero-order chi connectivity index (χ0) is 15.0. The van der Waals surface area contributed by atoms with Crippen LogP contribution in [0.15, 0.2) is 46.4 Å². The first kappa shape index (κ1) is 13.8. The van der Waals surface area contributed by atoms with Crippen LogP contribution in [0.25, 0.3) is 6.08 Å². The van der Waals surface area contributed by atoms with Crippen LogP contribution in [0.2, 0.25) is 0 Å². The number of hydrazone groups is 1. The quantitative estimate of drug-likeness (QED) is 0.765. The number of thiophene rings is 1. The van der Waals surface area contributed by atoms with Gasteiger partial charge < -0.3 is 0 Å². The number of aryl methyl sites for hydroxylation is 2. The van der Waals surface area contributed by atoms with Gasteiger partial charge in [-0.1, -0.05) is 12.1 Å². The molecule has 3 nitrogen and oxygen atoms in total. The molecule has 3 rings (SSSR count). The predicted octanol–water partition coefficient (Wildman–Crippen LogP) is 4.17. The van der Waals surface area contributed by atoms with Crippen molar-refractivity contribution in [3.63, 3.8) is 0 Å². The third-order valence-electron chi connectivity index (χ3n) is 3.63. The highest BCUT2D eigenvalue weighted by atomic mass is 32.1. The normalized spacial score (nSPS) is 16.7. The van der Waals surface area contributed by atoms with Crippen LogP contribution in [0.4, 0.5) is 5.69 Å². The lowest BCUT2D eigenvalue weighted by Crippen LogP contribution is -2.21. The Kier molecular flexibility index (Phi) is 3.47.